The van der Waals surface area contributed by atoms with Crippen molar-refractivity contribution >= 4 is 49.1 Å². The van der Waals surface area contributed by atoms with Gasteiger partial charge in [0.15, 0.2) is 16.6 Å². The van der Waals surface area contributed by atoms with Crippen molar-refractivity contribution in [2.45, 2.75) is 64.2 Å². The Morgan fingerprint density at radius 2 is 0.872 bits per heavy atom. The van der Waals surface area contributed by atoms with Crippen LogP contribution in [0, 0.1) is 0 Å². The molecule has 0 aromatic heterocycles. The van der Waals surface area contributed by atoms with Gasteiger partial charge in [0.2, 0.25) is 0 Å². The molecule has 0 bridgehead atoms. The predicted octanol–water partition coefficient (Wildman–Crippen LogP) is 4.57. The highest BCUT2D eigenvalue weighted by Gasteiger charge is 2.39. The summed E-state index contributed by atoms with van der Waals surface area (Å²) in [6.45, 7) is 20.0. The van der Waals surface area contributed by atoms with Crippen molar-refractivity contribution in [3.63, 3.8) is 0 Å². The van der Waals surface area contributed by atoms with E-state index >= 15 is 0 Å². The van der Waals surface area contributed by atoms with Gasteiger partial charge in [-0.25, -0.2) is 19.2 Å². The summed E-state index contributed by atoms with van der Waals surface area (Å²) in [5, 5.41) is 0. The highest BCUT2D eigenvalue weighted by Crippen LogP contribution is 2.26. The topological polar surface area (TPSA) is 124 Å². The van der Waals surface area contributed by atoms with Crippen LogP contribution in [0.4, 0.5) is 0 Å². The minimum absolute atomic E-state index is 0.0754. The lowest BCUT2D eigenvalue weighted by molar-refractivity contribution is -0.140. The summed E-state index contributed by atoms with van der Waals surface area (Å²) in [6, 6.07) is 1.55. The maximum atomic E-state index is 11.8. The summed E-state index contributed by atoms with van der Waals surface area (Å²) in [4.78, 5) is 46.2. The second-order valence-electron chi connectivity index (χ2n) is 10.2. The average Bonchev–Trinajstić information content (AvgIpc) is 2.82. The van der Waals surface area contributed by atoms with Gasteiger partial charge in [0.25, 0.3) is 0 Å². The lowest BCUT2D eigenvalue weighted by Gasteiger charge is -2.38. The molecule has 0 aromatic carbocycles. The smallest absolute Gasteiger partial charge is 0.331 e. The van der Waals surface area contributed by atoms with E-state index in [-0.39, 0.29) is 26.4 Å². The molecule has 0 saturated heterocycles. The summed E-state index contributed by atoms with van der Waals surface area (Å²) >= 11 is 0. The lowest BCUT2D eigenvalue weighted by Crippen LogP contribution is -2.52. The van der Waals surface area contributed by atoms with E-state index in [4.69, 9.17) is 27.2 Å². The largest absolute Gasteiger partial charge is 0.463 e. The SMILES string of the molecule is C=CCOC(=O)/C=C\C(=O)OCCC[Si](C)(C)O[Si](C)(C)O[Si](C)(C)CCCOC(=O)/C=C\C(=O)OCC=C. The van der Waals surface area contributed by atoms with Crippen LogP contribution in [0.15, 0.2) is 49.6 Å². The van der Waals surface area contributed by atoms with E-state index in [1.54, 1.807) is 0 Å². The number of ether oxygens (including phenoxy) is 4. The Balaban J connectivity index is 4.42. The minimum Gasteiger partial charge on any atom is -0.463 e. The molecule has 0 N–H and O–H groups in total. The molecule has 0 atom stereocenters. The van der Waals surface area contributed by atoms with Gasteiger partial charge in [0.1, 0.15) is 13.2 Å². The van der Waals surface area contributed by atoms with Gasteiger partial charge in [-0.05, 0) is 64.2 Å². The molecule has 0 saturated carbocycles. The van der Waals surface area contributed by atoms with Crippen LogP contribution in [0.25, 0.3) is 0 Å². The van der Waals surface area contributed by atoms with E-state index in [1.807, 2.05) is 13.1 Å². The Labute approximate surface area is 235 Å². The zero-order valence-electron chi connectivity index (χ0n) is 24.1. The van der Waals surface area contributed by atoms with Crippen LogP contribution in [0.2, 0.25) is 51.4 Å². The van der Waals surface area contributed by atoms with Crippen molar-refractivity contribution in [1.82, 2.24) is 0 Å². The van der Waals surface area contributed by atoms with Crippen LogP contribution in [-0.2, 0) is 46.4 Å². The average molecular weight is 601 g/mol. The molecule has 0 amide bonds. The van der Waals surface area contributed by atoms with Crippen LogP contribution in [0.1, 0.15) is 12.8 Å². The fraction of sp³-hybridized carbons (Fsp3) is 0.538. The first-order chi connectivity index (χ1) is 18.1. The number of esters is 4. The first-order valence-electron chi connectivity index (χ1n) is 12.8. The van der Waals surface area contributed by atoms with Crippen LogP contribution < -0.4 is 0 Å². The Morgan fingerprint density at radius 3 is 1.18 bits per heavy atom. The van der Waals surface area contributed by atoms with Crippen LogP contribution >= 0.6 is 0 Å². The van der Waals surface area contributed by atoms with Crippen molar-refractivity contribution in [2.75, 3.05) is 26.4 Å². The molecule has 0 fully saturated rings. The molecule has 0 aliphatic heterocycles. The van der Waals surface area contributed by atoms with Gasteiger partial charge < -0.3 is 27.2 Å². The Hall–Kier alpha value is -2.59. The standard InChI is InChI=1S/C26H44O10Si3/c1-9-17-31-23(27)13-15-25(29)33-19-11-21-37(3,4)35-39(7,8)36-38(5,6)22-12-20-34-26(30)16-14-24(28)32-18-10-2/h9-10,13-16H,1-2,11-12,17-22H2,3-8H3/b15-13-,16-14-. The first kappa shape index (κ1) is 36.4. The van der Waals surface area contributed by atoms with Gasteiger partial charge in [-0.3, -0.25) is 0 Å². The molecule has 10 nitrogen and oxygen atoms in total. The van der Waals surface area contributed by atoms with Gasteiger partial charge >= 0.3 is 32.4 Å². The van der Waals surface area contributed by atoms with E-state index in [1.165, 1.54) is 12.2 Å². The normalized spacial score (nSPS) is 12.3. The molecule has 0 unspecified atom stereocenters. The third-order valence-corrected chi connectivity index (χ3v) is 16.2. The Bertz CT molecular complexity index is 824. The van der Waals surface area contributed by atoms with Gasteiger partial charge in [-0.1, -0.05) is 25.3 Å². The lowest BCUT2D eigenvalue weighted by atomic mass is 10.5. The third kappa shape index (κ3) is 21.0. The summed E-state index contributed by atoms with van der Waals surface area (Å²) in [7, 11) is -6.63. The molecule has 0 spiro atoms. The molecule has 0 aliphatic rings. The second-order valence-corrected chi connectivity index (χ2v) is 22.6. The molecule has 0 radical (unpaired) electrons. The van der Waals surface area contributed by atoms with Gasteiger partial charge in [-0.2, -0.15) is 0 Å². The molecular weight excluding hydrogens is 557 g/mol. The zero-order chi connectivity index (χ0) is 30.0. The molecule has 39 heavy (non-hydrogen) atoms. The summed E-state index contributed by atoms with van der Waals surface area (Å²) < 4.78 is 32.9. The highest BCUT2D eigenvalue weighted by atomic mass is 28.5. The summed E-state index contributed by atoms with van der Waals surface area (Å²) in [5.74, 6) is -2.48. The van der Waals surface area contributed by atoms with Crippen molar-refractivity contribution in [3.05, 3.63) is 49.6 Å². The molecular formula is C26H44O10Si3. The molecule has 13 heteroatoms. The van der Waals surface area contributed by atoms with Crippen molar-refractivity contribution in [3.8, 4) is 0 Å². The van der Waals surface area contributed by atoms with E-state index in [0.717, 1.165) is 36.4 Å². The van der Waals surface area contributed by atoms with Gasteiger partial charge in [0.05, 0.1) is 13.2 Å². The van der Waals surface area contributed by atoms with Crippen LogP contribution in [0.3, 0.4) is 0 Å². The number of carbonyl (C=O) groups is 4. The molecule has 0 aliphatic carbocycles. The molecule has 0 aromatic rings. The number of carbonyl (C=O) groups excluding carboxylic acids is 4. The van der Waals surface area contributed by atoms with E-state index in [0.29, 0.717) is 12.8 Å². The fourth-order valence-corrected chi connectivity index (χ4v) is 17.5. The van der Waals surface area contributed by atoms with Crippen molar-refractivity contribution < 1.29 is 46.4 Å². The monoisotopic (exact) mass is 600 g/mol. The van der Waals surface area contributed by atoms with E-state index < -0.39 is 49.1 Å². The maximum absolute atomic E-state index is 11.8. The Kier molecular flexibility index (Phi) is 17.4. The summed E-state index contributed by atoms with van der Waals surface area (Å²) in [6.07, 6.45) is 8.28. The Morgan fingerprint density at radius 1 is 0.564 bits per heavy atom. The van der Waals surface area contributed by atoms with Crippen LogP contribution in [-0.4, -0.2) is 75.5 Å². The van der Waals surface area contributed by atoms with Crippen molar-refractivity contribution in [2.24, 2.45) is 0 Å². The maximum Gasteiger partial charge on any atom is 0.331 e. The fourth-order valence-electron chi connectivity index (χ4n) is 3.54. The third-order valence-electron chi connectivity index (χ3n) is 4.78. The molecule has 220 valence electrons. The zero-order valence-corrected chi connectivity index (χ0v) is 27.1. The van der Waals surface area contributed by atoms with Crippen LogP contribution in [0.5, 0.6) is 0 Å². The minimum atomic E-state index is -2.44. The number of hydrogen-bond donors (Lipinski definition) is 0. The quantitative estimate of drug-likeness (QED) is 0.0490. The van der Waals surface area contributed by atoms with Crippen molar-refractivity contribution in [1.29, 1.82) is 0 Å². The first-order valence-corrected chi connectivity index (χ1v) is 21.8. The number of rotatable bonds is 20. The highest BCUT2D eigenvalue weighted by molar-refractivity contribution is 6.87. The number of hydrogen-bond acceptors (Lipinski definition) is 10. The second kappa shape index (κ2) is 18.7. The molecule has 0 heterocycles. The molecule has 0 rings (SSSR count). The van der Waals surface area contributed by atoms with Gasteiger partial charge in [0, 0.05) is 24.3 Å². The van der Waals surface area contributed by atoms with Gasteiger partial charge in [-0.15, -0.1) is 0 Å². The van der Waals surface area contributed by atoms with E-state index in [2.05, 4.69) is 39.3 Å². The summed E-state index contributed by atoms with van der Waals surface area (Å²) in [5.41, 5.74) is 0. The predicted molar refractivity (Wildman–Crippen MR) is 156 cm³/mol. The van der Waals surface area contributed by atoms with E-state index in [9.17, 15) is 19.2 Å².